The fourth-order valence-corrected chi connectivity index (χ4v) is 4.16. The number of carbonyl (C=O) groups is 1. The third kappa shape index (κ3) is 3.82. The predicted molar refractivity (Wildman–Crippen MR) is 86.0 cm³/mol. The van der Waals surface area contributed by atoms with Crippen LogP contribution in [0.2, 0.25) is 0 Å². The molecule has 2 rings (SSSR count). The fraction of sp³-hybridized carbons (Fsp3) is 0.615. The number of amides is 2. The second-order valence-electron chi connectivity index (χ2n) is 6.04. The van der Waals surface area contributed by atoms with Crippen molar-refractivity contribution in [1.82, 2.24) is 18.8 Å². The molecule has 0 radical (unpaired) electrons. The number of rotatable bonds is 3. The van der Waals surface area contributed by atoms with E-state index in [2.05, 4.69) is 10.3 Å². The van der Waals surface area contributed by atoms with Crippen molar-refractivity contribution in [2.24, 2.45) is 13.0 Å². The monoisotopic (exact) mass is 397 g/mol. The molecule has 0 bridgehead atoms. The summed E-state index contributed by atoms with van der Waals surface area (Å²) in [4.78, 5) is 28.5. The number of hydrogen-bond acceptors (Lipinski definition) is 5. The molecule has 1 aliphatic heterocycles. The molecule has 1 aliphatic rings. The summed E-state index contributed by atoms with van der Waals surface area (Å²) in [5.74, 6) is -2.59. The number of hydrogen-bond donors (Lipinski definition) is 1. The van der Waals surface area contributed by atoms with E-state index in [4.69, 9.17) is 0 Å². The summed E-state index contributed by atoms with van der Waals surface area (Å²) in [6, 6.07) is -1.02. The molecule has 1 aromatic rings. The van der Waals surface area contributed by atoms with Gasteiger partial charge in [0.15, 0.2) is 0 Å². The second kappa shape index (κ2) is 6.87. The Hall–Kier alpha value is -2.15. The number of alkyl halides is 3. The van der Waals surface area contributed by atoms with Crippen molar-refractivity contribution in [3.05, 3.63) is 22.7 Å². The SMILES string of the molecule is CN(C)S(=O)(=O)[C@@H]1CN(C(=O)Nc2nccn(C)c2=O)C[C@H]1C(F)(F)F. The molecule has 0 unspecified atom stereocenters. The molecular weight excluding hydrogens is 379 g/mol. The lowest BCUT2D eigenvalue weighted by Gasteiger charge is -2.23. The van der Waals surface area contributed by atoms with Gasteiger partial charge in [-0.1, -0.05) is 0 Å². The van der Waals surface area contributed by atoms with Gasteiger partial charge in [-0.15, -0.1) is 0 Å². The van der Waals surface area contributed by atoms with Crippen LogP contribution < -0.4 is 10.9 Å². The van der Waals surface area contributed by atoms with E-state index in [0.717, 1.165) is 23.6 Å². The summed E-state index contributed by atoms with van der Waals surface area (Å²) in [5.41, 5.74) is -0.648. The zero-order valence-electron chi connectivity index (χ0n) is 14.2. The molecule has 0 aromatic carbocycles. The summed E-state index contributed by atoms with van der Waals surface area (Å²) in [6.45, 7) is -1.48. The first-order valence-corrected chi connectivity index (χ1v) is 8.91. The third-order valence-corrected chi connectivity index (χ3v) is 6.37. The zero-order valence-corrected chi connectivity index (χ0v) is 15.0. The molecule has 0 aliphatic carbocycles. The van der Waals surface area contributed by atoms with E-state index in [-0.39, 0.29) is 5.82 Å². The first-order valence-electron chi connectivity index (χ1n) is 7.41. The first-order chi connectivity index (χ1) is 11.9. The summed E-state index contributed by atoms with van der Waals surface area (Å²) in [6.07, 6.45) is -2.23. The number of carbonyl (C=O) groups excluding carboxylic acids is 1. The van der Waals surface area contributed by atoms with Crippen LogP contribution in [0.15, 0.2) is 17.2 Å². The van der Waals surface area contributed by atoms with Crippen LogP contribution in [0, 0.1) is 5.92 Å². The second-order valence-corrected chi connectivity index (χ2v) is 8.41. The van der Waals surface area contributed by atoms with Crippen LogP contribution in [0.5, 0.6) is 0 Å². The van der Waals surface area contributed by atoms with Crippen molar-refractivity contribution < 1.29 is 26.4 Å². The van der Waals surface area contributed by atoms with Gasteiger partial charge in [0.05, 0.1) is 5.92 Å². The van der Waals surface area contributed by atoms with Gasteiger partial charge in [-0.3, -0.25) is 10.1 Å². The van der Waals surface area contributed by atoms with Gasteiger partial charge in [0.2, 0.25) is 15.8 Å². The van der Waals surface area contributed by atoms with Crippen molar-refractivity contribution in [3.63, 3.8) is 0 Å². The molecule has 9 nitrogen and oxygen atoms in total. The summed E-state index contributed by atoms with van der Waals surface area (Å²) in [7, 11) is -0.585. The normalized spacial score (nSPS) is 21.3. The van der Waals surface area contributed by atoms with E-state index >= 15 is 0 Å². The number of urea groups is 1. The number of aryl methyl sites for hydroxylation is 1. The average molecular weight is 397 g/mol. The molecule has 2 atom stereocenters. The smallest absolute Gasteiger partial charge is 0.322 e. The van der Waals surface area contributed by atoms with Crippen LogP contribution in [-0.4, -0.2) is 71.8 Å². The minimum Gasteiger partial charge on any atom is -0.322 e. The Morgan fingerprint density at radius 2 is 1.96 bits per heavy atom. The van der Waals surface area contributed by atoms with Crippen molar-refractivity contribution in [3.8, 4) is 0 Å². The van der Waals surface area contributed by atoms with Crippen molar-refractivity contribution >= 4 is 21.9 Å². The molecule has 2 heterocycles. The van der Waals surface area contributed by atoms with E-state index < -0.39 is 52.0 Å². The summed E-state index contributed by atoms with van der Waals surface area (Å²) < 4.78 is 66.1. The Bertz CT molecular complexity index is 852. The Kier molecular flexibility index (Phi) is 5.33. The quantitative estimate of drug-likeness (QED) is 0.777. The topological polar surface area (TPSA) is 105 Å². The zero-order chi connectivity index (χ0) is 19.9. The predicted octanol–water partition coefficient (Wildman–Crippen LogP) is 0.0663. The molecule has 1 N–H and O–H groups in total. The highest BCUT2D eigenvalue weighted by Crippen LogP contribution is 2.37. The number of halogens is 3. The third-order valence-electron chi connectivity index (χ3n) is 4.11. The molecule has 0 spiro atoms. The Balaban J connectivity index is 2.27. The number of nitrogens with zero attached hydrogens (tertiary/aromatic N) is 4. The van der Waals surface area contributed by atoms with Gasteiger partial charge >= 0.3 is 12.2 Å². The van der Waals surface area contributed by atoms with Gasteiger partial charge in [-0.05, 0) is 0 Å². The van der Waals surface area contributed by atoms with Gasteiger partial charge in [-0.2, -0.15) is 13.2 Å². The molecular formula is C13H18F3N5O4S. The van der Waals surface area contributed by atoms with E-state index in [1.165, 1.54) is 19.4 Å². The minimum atomic E-state index is -4.80. The Labute approximate surface area is 147 Å². The maximum atomic E-state index is 13.3. The minimum absolute atomic E-state index is 0.359. The maximum absolute atomic E-state index is 13.3. The van der Waals surface area contributed by atoms with E-state index in [1.54, 1.807) is 0 Å². The fourth-order valence-electron chi connectivity index (χ4n) is 2.59. The van der Waals surface area contributed by atoms with Gasteiger partial charge in [-0.25, -0.2) is 22.5 Å². The van der Waals surface area contributed by atoms with E-state index in [9.17, 15) is 31.2 Å². The Morgan fingerprint density at radius 1 is 1.35 bits per heavy atom. The highest BCUT2D eigenvalue weighted by atomic mass is 32.2. The van der Waals surface area contributed by atoms with Crippen LogP contribution in [0.1, 0.15) is 0 Å². The lowest BCUT2D eigenvalue weighted by Crippen LogP contribution is -2.43. The first kappa shape index (κ1) is 20.2. The molecule has 13 heteroatoms. The standard InChI is InChI=1S/C13H18F3N5O4S/c1-19(2)26(24,25)9-7-21(6-8(9)13(14,15)16)12(23)18-10-11(22)20(3)5-4-17-10/h4-5,8-9H,6-7H2,1-3H3,(H,17,18,23)/t8-,9-/m1/s1. The molecule has 2 amide bonds. The Morgan fingerprint density at radius 3 is 2.50 bits per heavy atom. The number of aromatic nitrogens is 2. The van der Waals surface area contributed by atoms with Crippen LogP contribution in [0.25, 0.3) is 0 Å². The number of anilines is 1. The molecule has 26 heavy (non-hydrogen) atoms. The summed E-state index contributed by atoms with van der Waals surface area (Å²) in [5, 5.41) is 0.309. The van der Waals surface area contributed by atoms with Crippen LogP contribution in [-0.2, 0) is 17.1 Å². The largest absolute Gasteiger partial charge is 0.394 e. The molecule has 146 valence electrons. The number of likely N-dealkylation sites (tertiary alicyclic amines) is 1. The van der Waals surface area contributed by atoms with Crippen molar-refractivity contribution in [2.45, 2.75) is 11.4 Å². The maximum Gasteiger partial charge on any atom is 0.394 e. The highest BCUT2D eigenvalue weighted by molar-refractivity contribution is 7.89. The van der Waals surface area contributed by atoms with Crippen LogP contribution >= 0.6 is 0 Å². The number of sulfonamides is 1. The molecule has 1 saturated heterocycles. The van der Waals surface area contributed by atoms with E-state index in [1.807, 2.05) is 0 Å². The van der Waals surface area contributed by atoms with Crippen LogP contribution in [0.4, 0.5) is 23.8 Å². The number of nitrogens with one attached hydrogen (secondary N) is 1. The van der Waals surface area contributed by atoms with Crippen LogP contribution in [0.3, 0.4) is 0 Å². The van der Waals surface area contributed by atoms with Gasteiger partial charge in [0.25, 0.3) is 5.56 Å². The van der Waals surface area contributed by atoms with Gasteiger partial charge < -0.3 is 9.47 Å². The van der Waals surface area contributed by atoms with Gasteiger partial charge in [0.1, 0.15) is 5.25 Å². The van der Waals surface area contributed by atoms with Crippen molar-refractivity contribution in [2.75, 3.05) is 32.5 Å². The lowest BCUT2D eigenvalue weighted by molar-refractivity contribution is -0.169. The average Bonchev–Trinajstić information content (AvgIpc) is 2.98. The lowest BCUT2D eigenvalue weighted by atomic mass is 10.1. The molecule has 0 saturated carbocycles. The molecule has 1 fully saturated rings. The molecule has 1 aromatic heterocycles. The summed E-state index contributed by atoms with van der Waals surface area (Å²) >= 11 is 0. The van der Waals surface area contributed by atoms with Gasteiger partial charge in [0, 0.05) is 46.6 Å². The highest BCUT2D eigenvalue weighted by Gasteiger charge is 2.56. The van der Waals surface area contributed by atoms with E-state index in [0.29, 0.717) is 4.31 Å². The van der Waals surface area contributed by atoms with Crippen molar-refractivity contribution in [1.29, 1.82) is 0 Å².